The van der Waals surface area contributed by atoms with Crippen LogP contribution in [0.25, 0.3) is 0 Å². The van der Waals surface area contributed by atoms with Gasteiger partial charge in [0.2, 0.25) is 0 Å². The lowest BCUT2D eigenvalue weighted by Gasteiger charge is -2.07. The number of nitrogens with one attached hydrogen (secondary N) is 1. The molecule has 0 heterocycles. The highest BCUT2D eigenvalue weighted by Gasteiger charge is 1.94. The maximum atomic E-state index is 5.75. The van der Waals surface area contributed by atoms with Crippen LogP contribution < -0.4 is 5.32 Å². The zero-order valence-corrected chi connectivity index (χ0v) is 9.89. The molecule has 0 amide bonds. The quantitative estimate of drug-likeness (QED) is 0.570. The van der Waals surface area contributed by atoms with Gasteiger partial charge in [0.05, 0.1) is 6.61 Å². The van der Waals surface area contributed by atoms with Crippen LogP contribution in [0.1, 0.15) is 18.9 Å². The number of hydrogen-bond acceptors (Lipinski definition) is 2. The molecule has 0 aliphatic carbocycles. The highest BCUT2D eigenvalue weighted by Crippen LogP contribution is 2.11. The summed E-state index contributed by atoms with van der Waals surface area (Å²) in [4.78, 5) is 0. The van der Waals surface area contributed by atoms with Crippen LogP contribution >= 0.6 is 11.6 Å². The smallest absolute Gasteiger partial charge is 0.0639 e. The minimum atomic E-state index is 0.557. The van der Waals surface area contributed by atoms with Crippen molar-refractivity contribution < 1.29 is 4.74 Å². The summed E-state index contributed by atoms with van der Waals surface area (Å²) < 4.78 is 5.37. The van der Waals surface area contributed by atoms with Crippen molar-refractivity contribution in [3.05, 3.63) is 29.8 Å². The van der Waals surface area contributed by atoms with Gasteiger partial charge in [-0.15, -0.1) is 11.6 Å². The van der Waals surface area contributed by atoms with E-state index in [0.717, 1.165) is 37.4 Å². The van der Waals surface area contributed by atoms with E-state index >= 15 is 0 Å². The van der Waals surface area contributed by atoms with Crippen molar-refractivity contribution >= 4 is 17.3 Å². The molecule has 0 unspecified atom stereocenters. The van der Waals surface area contributed by atoms with Gasteiger partial charge in [0.25, 0.3) is 0 Å². The van der Waals surface area contributed by atoms with Gasteiger partial charge in [0, 0.05) is 24.7 Å². The molecule has 0 saturated carbocycles. The van der Waals surface area contributed by atoms with E-state index in [1.54, 1.807) is 0 Å². The number of benzene rings is 1. The molecule has 1 rings (SSSR count). The Morgan fingerprint density at radius 1 is 1.33 bits per heavy atom. The summed E-state index contributed by atoms with van der Waals surface area (Å²) in [6.45, 7) is 4.53. The molecule has 1 aromatic rings. The van der Waals surface area contributed by atoms with E-state index in [2.05, 4.69) is 18.3 Å². The lowest BCUT2D eigenvalue weighted by atomic mass is 10.2. The standard InChI is InChI=1S/C12H18ClNO/c1-2-7-15-8-6-14-12-5-3-4-11(9-12)10-13/h3-5,9,14H,2,6-8,10H2,1H3. The molecule has 1 N–H and O–H groups in total. The largest absolute Gasteiger partial charge is 0.383 e. The number of alkyl halides is 1. The molecule has 1 aromatic carbocycles. The monoisotopic (exact) mass is 227 g/mol. The van der Waals surface area contributed by atoms with Crippen molar-refractivity contribution in [1.82, 2.24) is 0 Å². The van der Waals surface area contributed by atoms with E-state index in [4.69, 9.17) is 16.3 Å². The minimum absolute atomic E-state index is 0.557. The lowest BCUT2D eigenvalue weighted by molar-refractivity contribution is 0.144. The summed E-state index contributed by atoms with van der Waals surface area (Å²) in [6, 6.07) is 8.13. The molecule has 0 aliphatic heterocycles. The molecule has 0 saturated heterocycles. The highest BCUT2D eigenvalue weighted by molar-refractivity contribution is 6.17. The average Bonchev–Trinajstić information content (AvgIpc) is 2.29. The summed E-state index contributed by atoms with van der Waals surface area (Å²) in [5.74, 6) is 0.557. The number of halogens is 1. The SMILES string of the molecule is CCCOCCNc1cccc(CCl)c1. The maximum absolute atomic E-state index is 5.75. The molecule has 0 radical (unpaired) electrons. The van der Waals surface area contributed by atoms with Gasteiger partial charge < -0.3 is 10.1 Å². The van der Waals surface area contributed by atoms with Gasteiger partial charge in [-0.25, -0.2) is 0 Å². The molecular formula is C12H18ClNO. The van der Waals surface area contributed by atoms with Gasteiger partial charge in [-0.2, -0.15) is 0 Å². The van der Waals surface area contributed by atoms with Gasteiger partial charge in [-0.1, -0.05) is 19.1 Å². The Morgan fingerprint density at radius 3 is 2.93 bits per heavy atom. The topological polar surface area (TPSA) is 21.3 Å². The highest BCUT2D eigenvalue weighted by atomic mass is 35.5. The zero-order chi connectivity index (χ0) is 10.9. The fourth-order valence-corrected chi connectivity index (χ4v) is 1.44. The first kappa shape index (κ1) is 12.3. The van der Waals surface area contributed by atoms with Crippen LogP contribution in [0.3, 0.4) is 0 Å². The first-order valence-corrected chi connectivity index (χ1v) is 5.86. The first-order valence-electron chi connectivity index (χ1n) is 5.33. The van der Waals surface area contributed by atoms with Crippen LogP contribution in [0.4, 0.5) is 5.69 Å². The fourth-order valence-electron chi connectivity index (χ4n) is 1.28. The first-order chi connectivity index (χ1) is 7.36. The van der Waals surface area contributed by atoms with Crippen LogP contribution in [0.2, 0.25) is 0 Å². The second-order valence-corrected chi connectivity index (χ2v) is 3.64. The summed E-state index contributed by atoms with van der Waals surface area (Å²) in [5.41, 5.74) is 2.24. The molecular weight excluding hydrogens is 210 g/mol. The molecule has 0 atom stereocenters. The number of anilines is 1. The van der Waals surface area contributed by atoms with Gasteiger partial charge in [0.1, 0.15) is 0 Å². The lowest BCUT2D eigenvalue weighted by Crippen LogP contribution is -2.09. The third-order valence-electron chi connectivity index (χ3n) is 2.01. The Bertz CT molecular complexity index is 278. The van der Waals surface area contributed by atoms with E-state index in [9.17, 15) is 0 Å². The van der Waals surface area contributed by atoms with Crippen molar-refractivity contribution in [1.29, 1.82) is 0 Å². The molecule has 0 aliphatic rings. The predicted molar refractivity (Wildman–Crippen MR) is 65.6 cm³/mol. The van der Waals surface area contributed by atoms with E-state index < -0.39 is 0 Å². The molecule has 3 heteroatoms. The molecule has 0 aromatic heterocycles. The van der Waals surface area contributed by atoms with Crippen molar-refractivity contribution in [2.45, 2.75) is 19.2 Å². The van der Waals surface area contributed by atoms with E-state index in [-0.39, 0.29) is 0 Å². The van der Waals surface area contributed by atoms with Crippen LogP contribution in [0, 0.1) is 0 Å². The summed E-state index contributed by atoms with van der Waals surface area (Å²) in [5, 5.41) is 3.29. The van der Waals surface area contributed by atoms with E-state index in [1.807, 2.05) is 18.2 Å². The third kappa shape index (κ3) is 5.05. The normalized spacial score (nSPS) is 10.3. The Balaban J connectivity index is 2.24. The number of hydrogen-bond donors (Lipinski definition) is 1. The van der Waals surface area contributed by atoms with Gasteiger partial charge in [-0.05, 0) is 24.1 Å². The van der Waals surface area contributed by atoms with Crippen molar-refractivity contribution in [3.63, 3.8) is 0 Å². The average molecular weight is 228 g/mol. The van der Waals surface area contributed by atoms with Crippen LogP contribution in [-0.4, -0.2) is 19.8 Å². The van der Waals surface area contributed by atoms with Gasteiger partial charge in [-0.3, -0.25) is 0 Å². The summed E-state index contributed by atoms with van der Waals surface area (Å²) >= 11 is 5.75. The van der Waals surface area contributed by atoms with E-state index in [0.29, 0.717) is 5.88 Å². The second-order valence-electron chi connectivity index (χ2n) is 3.37. The molecule has 0 fully saturated rings. The fraction of sp³-hybridized carbons (Fsp3) is 0.500. The maximum Gasteiger partial charge on any atom is 0.0639 e. The Labute approximate surface area is 96.6 Å². The molecule has 0 bridgehead atoms. The molecule has 15 heavy (non-hydrogen) atoms. The second kappa shape index (κ2) is 7.55. The van der Waals surface area contributed by atoms with Gasteiger partial charge in [0.15, 0.2) is 0 Å². The molecule has 2 nitrogen and oxygen atoms in total. The Hall–Kier alpha value is -0.730. The predicted octanol–water partition coefficient (Wildman–Crippen LogP) is 3.26. The van der Waals surface area contributed by atoms with Crippen LogP contribution in [0.5, 0.6) is 0 Å². The third-order valence-corrected chi connectivity index (χ3v) is 2.31. The zero-order valence-electron chi connectivity index (χ0n) is 9.13. The number of rotatable bonds is 7. The van der Waals surface area contributed by atoms with Crippen LogP contribution in [0.15, 0.2) is 24.3 Å². The molecule has 84 valence electrons. The van der Waals surface area contributed by atoms with Crippen molar-refractivity contribution in [2.75, 3.05) is 25.1 Å². The van der Waals surface area contributed by atoms with Crippen molar-refractivity contribution in [3.8, 4) is 0 Å². The number of ether oxygens (including phenoxy) is 1. The van der Waals surface area contributed by atoms with E-state index in [1.165, 1.54) is 0 Å². The Morgan fingerprint density at radius 2 is 2.20 bits per heavy atom. The van der Waals surface area contributed by atoms with Crippen molar-refractivity contribution in [2.24, 2.45) is 0 Å². The molecule has 0 spiro atoms. The Kier molecular flexibility index (Phi) is 6.21. The summed E-state index contributed by atoms with van der Waals surface area (Å²) in [6.07, 6.45) is 1.07. The van der Waals surface area contributed by atoms with Crippen LogP contribution in [-0.2, 0) is 10.6 Å². The van der Waals surface area contributed by atoms with Gasteiger partial charge >= 0.3 is 0 Å². The summed E-state index contributed by atoms with van der Waals surface area (Å²) in [7, 11) is 0. The minimum Gasteiger partial charge on any atom is -0.383 e.